The first-order chi connectivity index (χ1) is 9.74. The molecule has 5 heteroatoms. The van der Waals surface area contributed by atoms with Crippen molar-refractivity contribution in [1.82, 2.24) is 9.78 Å². The number of carboxylic acid groups (broad SMARTS) is 1. The maximum atomic E-state index is 10.5. The van der Waals surface area contributed by atoms with E-state index < -0.39 is 5.97 Å². The highest BCUT2D eigenvalue weighted by atomic mass is 16.5. The van der Waals surface area contributed by atoms with Crippen molar-refractivity contribution in [2.75, 3.05) is 6.61 Å². The lowest BCUT2D eigenvalue weighted by Gasteiger charge is -2.23. The van der Waals surface area contributed by atoms with Gasteiger partial charge in [-0.3, -0.25) is 0 Å². The highest BCUT2D eigenvalue weighted by Crippen LogP contribution is 2.26. The molecular formula is C15H16N2O3. The van der Waals surface area contributed by atoms with Gasteiger partial charge in [-0.05, 0) is 43.0 Å². The zero-order chi connectivity index (χ0) is 13.9. The number of aromatic nitrogens is 2. The minimum atomic E-state index is -0.948. The van der Waals surface area contributed by atoms with Crippen molar-refractivity contribution in [1.29, 1.82) is 0 Å². The summed E-state index contributed by atoms with van der Waals surface area (Å²) >= 11 is 0. The lowest BCUT2D eigenvalue weighted by atomic mass is 10.1. The van der Waals surface area contributed by atoms with Crippen molar-refractivity contribution in [2.24, 2.45) is 0 Å². The maximum Gasteiger partial charge on any atom is 0.328 e. The van der Waals surface area contributed by atoms with Crippen LogP contribution in [-0.4, -0.2) is 27.5 Å². The molecule has 0 bridgehead atoms. The van der Waals surface area contributed by atoms with E-state index in [0.29, 0.717) is 0 Å². The Kier molecular flexibility index (Phi) is 3.52. The van der Waals surface area contributed by atoms with E-state index >= 15 is 0 Å². The largest absolute Gasteiger partial charge is 0.478 e. The molecule has 1 N–H and O–H groups in total. The number of nitrogens with zero attached hydrogens (tertiary/aromatic N) is 2. The molecule has 2 heterocycles. The minimum Gasteiger partial charge on any atom is -0.478 e. The van der Waals surface area contributed by atoms with Crippen molar-refractivity contribution >= 4 is 22.9 Å². The molecule has 0 aliphatic carbocycles. The Bertz CT molecular complexity index is 654. The molecule has 0 spiro atoms. The monoisotopic (exact) mass is 272 g/mol. The molecule has 5 nitrogen and oxygen atoms in total. The number of hydrogen-bond acceptors (Lipinski definition) is 3. The van der Waals surface area contributed by atoms with Crippen LogP contribution >= 0.6 is 0 Å². The molecule has 1 aromatic heterocycles. The number of rotatable bonds is 3. The first-order valence-corrected chi connectivity index (χ1v) is 6.74. The molecule has 2 aromatic rings. The number of ether oxygens (including phenoxy) is 1. The number of carboxylic acids is 1. The van der Waals surface area contributed by atoms with Crippen molar-refractivity contribution in [3.63, 3.8) is 0 Å². The molecule has 1 saturated heterocycles. The summed E-state index contributed by atoms with van der Waals surface area (Å²) in [6, 6.07) is 5.78. The SMILES string of the molecule is O=C(O)/C=C/c1ccc2c(cnn2C2CCCCO2)c1. The molecule has 3 rings (SSSR count). The van der Waals surface area contributed by atoms with E-state index in [1.165, 1.54) is 0 Å². The second-order valence-corrected chi connectivity index (χ2v) is 4.90. The summed E-state index contributed by atoms with van der Waals surface area (Å²) in [6.07, 6.45) is 7.78. The Labute approximate surface area is 116 Å². The molecule has 1 unspecified atom stereocenters. The van der Waals surface area contributed by atoms with Crippen molar-refractivity contribution in [3.05, 3.63) is 36.0 Å². The molecule has 1 aliphatic rings. The van der Waals surface area contributed by atoms with Gasteiger partial charge in [0.2, 0.25) is 0 Å². The molecule has 1 fully saturated rings. The first kappa shape index (κ1) is 12.9. The smallest absolute Gasteiger partial charge is 0.328 e. The van der Waals surface area contributed by atoms with Crippen LogP contribution in [0.2, 0.25) is 0 Å². The van der Waals surface area contributed by atoms with E-state index in [9.17, 15) is 4.79 Å². The molecule has 0 radical (unpaired) electrons. The van der Waals surface area contributed by atoms with E-state index in [0.717, 1.165) is 48.4 Å². The fourth-order valence-corrected chi connectivity index (χ4v) is 2.49. The van der Waals surface area contributed by atoms with Gasteiger partial charge in [0.05, 0.1) is 11.7 Å². The van der Waals surface area contributed by atoms with Gasteiger partial charge < -0.3 is 9.84 Å². The number of fused-ring (bicyclic) bond motifs is 1. The number of carbonyl (C=O) groups is 1. The lowest BCUT2D eigenvalue weighted by Crippen LogP contribution is -2.18. The van der Waals surface area contributed by atoms with E-state index in [2.05, 4.69) is 5.10 Å². The molecular weight excluding hydrogens is 256 g/mol. The second kappa shape index (κ2) is 5.46. The molecule has 0 amide bonds. The predicted octanol–water partition coefficient (Wildman–Crippen LogP) is 2.83. The lowest BCUT2D eigenvalue weighted by molar-refractivity contribution is -0.131. The average molecular weight is 272 g/mol. The summed E-state index contributed by atoms with van der Waals surface area (Å²) in [5.41, 5.74) is 1.87. The van der Waals surface area contributed by atoms with Crippen molar-refractivity contribution in [2.45, 2.75) is 25.5 Å². The summed E-state index contributed by atoms with van der Waals surface area (Å²) in [4.78, 5) is 10.5. The third-order valence-electron chi connectivity index (χ3n) is 3.47. The van der Waals surface area contributed by atoms with Crippen LogP contribution in [0.5, 0.6) is 0 Å². The van der Waals surface area contributed by atoms with Gasteiger partial charge in [0.15, 0.2) is 6.23 Å². The Morgan fingerprint density at radius 1 is 1.45 bits per heavy atom. The zero-order valence-electron chi connectivity index (χ0n) is 11.0. The van der Waals surface area contributed by atoms with E-state index in [1.807, 2.05) is 22.9 Å². The standard InChI is InChI=1S/C15H16N2O3/c18-15(19)7-5-11-4-6-13-12(9-11)10-16-17(13)14-3-1-2-8-20-14/h4-7,9-10,14H,1-3,8H2,(H,18,19)/b7-5+. The predicted molar refractivity (Wildman–Crippen MR) is 75.2 cm³/mol. The fraction of sp³-hybridized carbons (Fsp3) is 0.333. The highest BCUT2D eigenvalue weighted by Gasteiger charge is 2.18. The molecule has 1 aromatic carbocycles. The Balaban J connectivity index is 1.91. The van der Waals surface area contributed by atoms with Gasteiger partial charge in [0, 0.05) is 18.1 Å². The first-order valence-electron chi connectivity index (χ1n) is 6.74. The number of hydrogen-bond donors (Lipinski definition) is 1. The van der Waals surface area contributed by atoms with Crippen LogP contribution in [0.4, 0.5) is 0 Å². The molecule has 20 heavy (non-hydrogen) atoms. The maximum absolute atomic E-state index is 10.5. The number of benzene rings is 1. The van der Waals surface area contributed by atoms with Gasteiger partial charge in [-0.25, -0.2) is 9.48 Å². The second-order valence-electron chi connectivity index (χ2n) is 4.90. The third kappa shape index (κ3) is 2.58. The van der Waals surface area contributed by atoms with E-state index in [-0.39, 0.29) is 6.23 Å². The van der Waals surface area contributed by atoms with Crippen LogP contribution in [0.25, 0.3) is 17.0 Å². The topological polar surface area (TPSA) is 64.3 Å². The summed E-state index contributed by atoms with van der Waals surface area (Å²) in [6.45, 7) is 0.783. The Morgan fingerprint density at radius 2 is 2.35 bits per heavy atom. The normalized spacial score (nSPS) is 19.7. The highest BCUT2D eigenvalue weighted by molar-refractivity contribution is 5.87. The van der Waals surface area contributed by atoms with Gasteiger partial charge in [0.1, 0.15) is 0 Å². The van der Waals surface area contributed by atoms with Crippen LogP contribution in [0.15, 0.2) is 30.5 Å². The minimum absolute atomic E-state index is 0.0154. The van der Waals surface area contributed by atoms with Gasteiger partial charge in [0.25, 0.3) is 0 Å². The summed E-state index contributed by atoms with van der Waals surface area (Å²) in [5, 5.41) is 14.0. The molecule has 1 atom stereocenters. The van der Waals surface area contributed by atoms with Gasteiger partial charge in [-0.1, -0.05) is 6.07 Å². The van der Waals surface area contributed by atoms with Crippen molar-refractivity contribution < 1.29 is 14.6 Å². The number of aliphatic carboxylic acids is 1. The quantitative estimate of drug-likeness (QED) is 0.873. The average Bonchev–Trinajstić information content (AvgIpc) is 2.89. The third-order valence-corrected chi connectivity index (χ3v) is 3.47. The van der Waals surface area contributed by atoms with Crippen LogP contribution in [0.3, 0.4) is 0 Å². The van der Waals surface area contributed by atoms with Crippen LogP contribution < -0.4 is 0 Å². The van der Waals surface area contributed by atoms with Crippen molar-refractivity contribution in [3.8, 4) is 0 Å². The summed E-state index contributed by atoms with van der Waals surface area (Å²) in [7, 11) is 0. The molecule has 0 saturated carbocycles. The molecule has 1 aliphatic heterocycles. The van der Waals surface area contributed by atoms with Crippen LogP contribution in [0.1, 0.15) is 31.1 Å². The molecule has 104 valence electrons. The van der Waals surface area contributed by atoms with Gasteiger partial charge in [-0.15, -0.1) is 0 Å². The summed E-state index contributed by atoms with van der Waals surface area (Å²) in [5.74, 6) is -0.948. The Morgan fingerprint density at radius 3 is 3.10 bits per heavy atom. The zero-order valence-corrected chi connectivity index (χ0v) is 11.0. The Hall–Kier alpha value is -2.14. The van der Waals surface area contributed by atoms with Crippen LogP contribution in [-0.2, 0) is 9.53 Å². The van der Waals surface area contributed by atoms with E-state index in [1.54, 1.807) is 12.3 Å². The van der Waals surface area contributed by atoms with E-state index in [4.69, 9.17) is 9.84 Å². The fourth-order valence-electron chi connectivity index (χ4n) is 2.49. The summed E-state index contributed by atoms with van der Waals surface area (Å²) < 4.78 is 7.66. The van der Waals surface area contributed by atoms with Gasteiger partial charge in [-0.2, -0.15) is 5.10 Å². The van der Waals surface area contributed by atoms with Crippen LogP contribution in [0, 0.1) is 0 Å². The van der Waals surface area contributed by atoms with Gasteiger partial charge >= 0.3 is 5.97 Å².